The number of anilines is 2. The van der Waals surface area contributed by atoms with E-state index in [-0.39, 0.29) is 5.91 Å². The average Bonchev–Trinajstić information content (AvgIpc) is 3.51. The summed E-state index contributed by atoms with van der Waals surface area (Å²) in [6, 6.07) is 11.6. The van der Waals surface area contributed by atoms with Crippen LogP contribution >= 0.6 is 0 Å². The number of rotatable bonds is 8. The number of aromatic nitrogens is 4. The monoisotopic (exact) mass is 429 g/mol. The average molecular weight is 430 g/mol. The molecule has 0 saturated heterocycles. The van der Waals surface area contributed by atoms with Gasteiger partial charge in [0.1, 0.15) is 18.0 Å². The molecule has 8 nitrogen and oxygen atoms in total. The Morgan fingerprint density at radius 1 is 1.28 bits per heavy atom. The summed E-state index contributed by atoms with van der Waals surface area (Å²) < 4.78 is 1.84. The molecule has 2 aromatic heterocycles. The first-order chi connectivity index (χ1) is 15.5. The highest BCUT2D eigenvalue weighted by atomic mass is 16.2. The SMILES string of the molecule is CCN(C(C)=O)c1cc(-c2cc(C#N)ccc2-c2nncn2C)cc(NCCC2CC2)n1. The second-order valence-corrected chi connectivity index (χ2v) is 8.16. The summed E-state index contributed by atoms with van der Waals surface area (Å²) in [5.41, 5.74) is 3.11. The normalized spacial score (nSPS) is 12.9. The molecule has 32 heavy (non-hydrogen) atoms. The van der Waals surface area contributed by atoms with E-state index in [4.69, 9.17) is 4.98 Å². The maximum Gasteiger partial charge on any atom is 0.225 e. The summed E-state index contributed by atoms with van der Waals surface area (Å²) >= 11 is 0. The Morgan fingerprint density at radius 2 is 2.09 bits per heavy atom. The molecule has 0 bridgehead atoms. The van der Waals surface area contributed by atoms with Gasteiger partial charge in [0.05, 0.1) is 11.6 Å². The molecule has 164 valence electrons. The Morgan fingerprint density at radius 3 is 2.72 bits per heavy atom. The van der Waals surface area contributed by atoms with Crippen molar-refractivity contribution in [3.8, 4) is 28.6 Å². The van der Waals surface area contributed by atoms with Crippen LogP contribution in [0, 0.1) is 17.2 Å². The molecular formula is C24H27N7O. The molecule has 0 aliphatic heterocycles. The van der Waals surface area contributed by atoms with Crippen LogP contribution in [0.15, 0.2) is 36.7 Å². The molecule has 1 aliphatic rings. The fourth-order valence-electron chi connectivity index (χ4n) is 3.83. The van der Waals surface area contributed by atoms with Crippen molar-refractivity contribution >= 4 is 17.5 Å². The molecule has 1 aromatic carbocycles. The molecule has 0 radical (unpaired) electrons. The van der Waals surface area contributed by atoms with Crippen molar-refractivity contribution < 1.29 is 4.79 Å². The molecule has 3 aromatic rings. The van der Waals surface area contributed by atoms with Crippen molar-refractivity contribution in [1.82, 2.24) is 19.7 Å². The summed E-state index contributed by atoms with van der Waals surface area (Å²) in [7, 11) is 1.88. The second-order valence-electron chi connectivity index (χ2n) is 8.16. The predicted octanol–water partition coefficient (Wildman–Crippen LogP) is 4.00. The Labute approximate surface area is 187 Å². The van der Waals surface area contributed by atoms with E-state index in [9.17, 15) is 10.1 Å². The predicted molar refractivity (Wildman–Crippen MR) is 124 cm³/mol. The van der Waals surface area contributed by atoms with Gasteiger partial charge in [0.25, 0.3) is 0 Å². The van der Waals surface area contributed by atoms with Crippen LogP contribution in [-0.2, 0) is 11.8 Å². The lowest BCUT2D eigenvalue weighted by molar-refractivity contribution is -0.116. The van der Waals surface area contributed by atoms with Crippen LogP contribution < -0.4 is 10.2 Å². The first-order valence-corrected chi connectivity index (χ1v) is 10.9. The number of hydrogen-bond donors (Lipinski definition) is 1. The minimum Gasteiger partial charge on any atom is -0.370 e. The molecule has 4 rings (SSSR count). The Bertz CT molecular complexity index is 1170. The third-order valence-electron chi connectivity index (χ3n) is 5.75. The fraction of sp³-hybridized carbons (Fsp3) is 0.375. The minimum absolute atomic E-state index is 0.0691. The lowest BCUT2D eigenvalue weighted by atomic mass is 9.97. The van der Waals surface area contributed by atoms with E-state index in [1.807, 2.05) is 42.8 Å². The quantitative estimate of drug-likeness (QED) is 0.581. The van der Waals surface area contributed by atoms with Gasteiger partial charge in [-0.3, -0.25) is 9.69 Å². The lowest BCUT2D eigenvalue weighted by Crippen LogP contribution is -2.29. The zero-order valence-electron chi connectivity index (χ0n) is 18.7. The number of aryl methyl sites for hydroxylation is 1. The molecule has 0 atom stereocenters. The van der Waals surface area contributed by atoms with Crippen LogP contribution in [0.3, 0.4) is 0 Å². The molecule has 0 unspecified atom stereocenters. The molecule has 1 N–H and O–H groups in total. The Balaban J connectivity index is 1.83. The summed E-state index contributed by atoms with van der Waals surface area (Å²) in [6.07, 6.45) is 5.36. The highest BCUT2D eigenvalue weighted by molar-refractivity contribution is 5.92. The van der Waals surface area contributed by atoms with Crippen molar-refractivity contribution in [2.24, 2.45) is 13.0 Å². The molecular weight excluding hydrogens is 402 g/mol. The Kier molecular flexibility index (Phi) is 6.17. The zero-order valence-corrected chi connectivity index (χ0v) is 18.7. The first kappa shape index (κ1) is 21.5. The van der Waals surface area contributed by atoms with Crippen LogP contribution in [0.5, 0.6) is 0 Å². The van der Waals surface area contributed by atoms with Crippen molar-refractivity contribution in [1.29, 1.82) is 5.26 Å². The van der Waals surface area contributed by atoms with Crippen LogP contribution in [0.4, 0.5) is 11.6 Å². The number of pyridine rings is 1. The molecule has 0 spiro atoms. The van der Waals surface area contributed by atoms with Gasteiger partial charge in [0.15, 0.2) is 5.82 Å². The highest BCUT2D eigenvalue weighted by Gasteiger charge is 2.21. The van der Waals surface area contributed by atoms with Crippen LogP contribution in [-0.4, -0.2) is 38.7 Å². The van der Waals surface area contributed by atoms with Gasteiger partial charge in [-0.25, -0.2) is 4.98 Å². The second kappa shape index (κ2) is 9.18. The van der Waals surface area contributed by atoms with E-state index in [0.717, 1.165) is 35.6 Å². The molecule has 8 heteroatoms. The van der Waals surface area contributed by atoms with Gasteiger partial charge in [0, 0.05) is 32.6 Å². The van der Waals surface area contributed by atoms with E-state index in [0.29, 0.717) is 29.6 Å². The third kappa shape index (κ3) is 4.62. The molecule has 1 aliphatic carbocycles. The minimum atomic E-state index is -0.0691. The fourth-order valence-corrected chi connectivity index (χ4v) is 3.83. The summed E-state index contributed by atoms with van der Waals surface area (Å²) in [5.74, 6) is 2.73. The van der Waals surface area contributed by atoms with Crippen LogP contribution in [0.2, 0.25) is 0 Å². The summed E-state index contributed by atoms with van der Waals surface area (Å²) in [5, 5.41) is 21.2. The maximum absolute atomic E-state index is 12.2. The smallest absolute Gasteiger partial charge is 0.225 e. The van der Waals surface area contributed by atoms with Gasteiger partial charge in [-0.2, -0.15) is 5.26 Å². The topological polar surface area (TPSA) is 99.7 Å². The van der Waals surface area contributed by atoms with Gasteiger partial charge in [0.2, 0.25) is 5.91 Å². The number of benzene rings is 1. The van der Waals surface area contributed by atoms with Gasteiger partial charge >= 0.3 is 0 Å². The van der Waals surface area contributed by atoms with Crippen LogP contribution in [0.25, 0.3) is 22.5 Å². The van der Waals surface area contributed by atoms with Gasteiger partial charge < -0.3 is 9.88 Å². The highest BCUT2D eigenvalue weighted by Crippen LogP contribution is 2.35. The number of nitriles is 1. The largest absolute Gasteiger partial charge is 0.370 e. The van der Waals surface area contributed by atoms with Crippen molar-refractivity contribution in [2.75, 3.05) is 23.3 Å². The van der Waals surface area contributed by atoms with E-state index in [1.165, 1.54) is 12.8 Å². The van der Waals surface area contributed by atoms with Gasteiger partial charge in [-0.15, -0.1) is 10.2 Å². The molecule has 2 heterocycles. The standard InChI is InChI=1S/C24H27N7O/c1-4-31(16(2)32)23-13-19(12-22(28-23)26-10-9-17-5-6-17)21-11-18(14-25)7-8-20(21)24-29-27-15-30(24)3/h7-8,11-13,15,17H,4-6,9-10H2,1-3H3,(H,26,28). The molecule has 1 fully saturated rings. The third-order valence-corrected chi connectivity index (χ3v) is 5.75. The van der Waals surface area contributed by atoms with Crippen LogP contribution in [0.1, 0.15) is 38.7 Å². The first-order valence-electron chi connectivity index (χ1n) is 10.9. The van der Waals surface area contributed by atoms with Crippen molar-refractivity contribution in [3.05, 3.63) is 42.2 Å². The lowest BCUT2D eigenvalue weighted by Gasteiger charge is -2.21. The van der Waals surface area contributed by atoms with E-state index >= 15 is 0 Å². The Hall–Kier alpha value is -3.73. The van der Waals surface area contributed by atoms with E-state index < -0.39 is 0 Å². The van der Waals surface area contributed by atoms with Gasteiger partial charge in [-0.1, -0.05) is 12.8 Å². The van der Waals surface area contributed by atoms with Crippen molar-refractivity contribution in [2.45, 2.75) is 33.1 Å². The number of carbonyl (C=O) groups excluding carboxylic acids is 1. The summed E-state index contributed by atoms with van der Waals surface area (Å²) in [6.45, 7) is 4.82. The van der Waals surface area contributed by atoms with Gasteiger partial charge in [-0.05, 0) is 60.7 Å². The zero-order chi connectivity index (χ0) is 22.7. The van der Waals surface area contributed by atoms with Crippen molar-refractivity contribution in [3.63, 3.8) is 0 Å². The number of nitrogens with one attached hydrogen (secondary N) is 1. The maximum atomic E-state index is 12.2. The number of amides is 1. The molecule has 1 amide bonds. The van der Waals surface area contributed by atoms with E-state index in [1.54, 1.807) is 24.2 Å². The number of carbonyl (C=O) groups is 1. The van der Waals surface area contributed by atoms with E-state index in [2.05, 4.69) is 21.6 Å². The number of nitrogens with zero attached hydrogens (tertiary/aromatic N) is 6. The summed E-state index contributed by atoms with van der Waals surface area (Å²) in [4.78, 5) is 18.6. The number of hydrogen-bond acceptors (Lipinski definition) is 6. The molecule has 1 saturated carbocycles.